The monoisotopic (exact) mass is 224 g/mol. The molecule has 1 aromatic carbocycles. The highest BCUT2D eigenvalue weighted by Crippen LogP contribution is 2.27. The largest absolute Gasteiger partial charge is 0.324 e. The molecule has 0 aliphatic rings. The predicted octanol–water partition coefficient (Wildman–Crippen LogP) is 2.70. The molecule has 0 saturated carbocycles. The minimum absolute atomic E-state index is 0.141. The molecule has 1 rings (SSSR count). The zero-order valence-electron chi connectivity index (χ0n) is 8.73. The van der Waals surface area contributed by atoms with Gasteiger partial charge in [-0.25, -0.2) is 4.39 Å². The van der Waals surface area contributed by atoms with E-state index in [9.17, 15) is 14.5 Å². The molecule has 0 heterocycles. The van der Waals surface area contributed by atoms with Crippen LogP contribution in [0, 0.1) is 15.9 Å². The normalized spacial score (nSPS) is 12.1. The average Bonchev–Trinajstić information content (AvgIpc) is 2.25. The van der Waals surface area contributed by atoms with Crippen LogP contribution in [-0.4, -0.2) is 4.92 Å². The number of benzene rings is 1. The van der Waals surface area contributed by atoms with Crippen molar-refractivity contribution in [2.24, 2.45) is 5.73 Å². The van der Waals surface area contributed by atoms with E-state index >= 15 is 0 Å². The topological polar surface area (TPSA) is 69.2 Å². The highest BCUT2D eigenvalue weighted by atomic mass is 19.1. The highest BCUT2D eigenvalue weighted by Gasteiger charge is 2.19. The Bertz CT molecular complexity index is 407. The lowest BCUT2D eigenvalue weighted by molar-refractivity contribution is -0.385. The molecule has 4 nitrogen and oxygen atoms in total. The molecule has 0 fully saturated rings. The summed E-state index contributed by atoms with van der Waals surface area (Å²) < 4.78 is 13.0. The molecule has 0 radical (unpaired) electrons. The van der Waals surface area contributed by atoms with Crippen LogP contribution in [0.3, 0.4) is 0 Å². The highest BCUT2D eigenvalue weighted by molar-refractivity contribution is 5.42. The summed E-state index contributed by atoms with van der Waals surface area (Å²) in [5, 5.41) is 10.7. The van der Waals surface area contributed by atoms with Gasteiger partial charge in [-0.2, -0.15) is 0 Å². The van der Waals surface area contributed by atoms with Gasteiger partial charge in [0.1, 0.15) is 5.82 Å². The van der Waals surface area contributed by atoms with Crippen molar-refractivity contribution in [1.82, 2.24) is 0 Å². The van der Waals surface area contributed by atoms with Gasteiger partial charge in [0.2, 0.25) is 0 Å². The maximum atomic E-state index is 13.0. The van der Waals surface area contributed by atoms with E-state index in [0.29, 0.717) is 12.8 Å². The molecule has 0 aliphatic carbocycles. The average molecular weight is 224 g/mol. The van der Waals surface area contributed by atoms with Gasteiger partial charge < -0.3 is 5.73 Å². The Labute approximate surface area is 92.7 Å². The Morgan fingerprint density at radius 3 is 2.88 bits per heavy atom. The van der Waals surface area contributed by atoms with Gasteiger partial charge in [-0.1, -0.05) is 6.08 Å². The lowest BCUT2D eigenvalue weighted by Gasteiger charge is -2.11. The zero-order valence-corrected chi connectivity index (χ0v) is 8.73. The number of nitrogens with zero attached hydrogens (tertiary/aromatic N) is 1. The van der Waals surface area contributed by atoms with Gasteiger partial charge in [-0.3, -0.25) is 10.1 Å². The van der Waals surface area contributed by atoms with Crippen molar-refractivity contribution >= 4 is 5.69 Å². The summed E-state index contributed by atoms with van der Waals surface area (Å²) in [6, 6.07) is 2.76. The zero-order chi connectivity index (χ0) is 12.1. The molecule has 0 aliphatic heterocycles. The molecule has 0 aromatic heterocycles. The van der Waals surface area contributed by atoms with Gasteiger partial charge in [-0.15, -0.1) is 6.58 Å². The smallest absolute Gasteiger partial charge is 0.274 e. The van der Waals surface area contributed by atoms with Crippen molar-refractivity contribution in [2.75, 3.05) is 0 Å². The number of halogens is 1. The Balaban J connectivity index is 3.03. The quantitative estimate of drug-likeness (QED) is 0.475. The second kappa shape index (κ2) is 5.37. The number of rotatable bonds is 5. The summed E-state index contributed by atoms with van der Waals surface area (Å²) >= 11 is 0. The molecule has 0 saturated heterocycles. The van der Waals surface area contributed by atoms with Crippen LogP contribution in [0.2, 0.25) is 0 Å². The molecule has 16 heavy (non-hydrogen) atoms. The Hall–Kier alpha value is -1.75. The summed E-state index contributed by atoms with van der Waals surface area (Å²) in [5.41, 5.74) is 5.86. The first-order valence-electron chi connectivity index (χ1n) is 4.86. The lowest BCUT2D eigenvalue weighted by atomic mass is 10.0. The third-order valence-corrected chi connectivity index (χ3v) is 2.27. The molecular weight excluding hydrogens is 211 g/mol. The fourth-order valence-electron chi connectivity index (χ4n) is 1.44. The van der Waals surface area contributed by atoms with Crippen molar-refractivity contribution in [3.63, 3.8) is 0 Å². The van der Waals surface area contributed by atoms with E-state index < -0.39 is 16.8 Å². The molecule has 0 bridgehead atoms. The first-order chi connectivity index (χ1) is 7.56. The Morgan fingerprint density at radius 2 is 2.31 bits per heavy atom. The van der Waals surface area contributed by atoms with Crippen molar-refractivity contribution in [1.29, 1.82) is 0 Å². The van der Waals surface area contributed by atoms with Gasteiger partial charge in [0, 0.05) is 17.7 Å². The predicted molar refractivity (Wildman–Crippen MR) is 59.4 cm³/mol. The number of nitro groups is 1. The van der Waals surface area contributed by atoms with Crippen LogP contribution in [0.4, 0.5) is 10.1 Å². The molecular formula is C11H13FN2O2. The SMILES string of the molecule is C=CCC[C@@H](N)c1cc(F)ccc1[N+](=O)[O-]. The van der Waals surface area contributed by atoms with E-state index in [1.165, 1.54) is 0 Å². The fourth-order valence-corrected chi connectivity index (χ4v) is 1.44. The van der Waals surface area contributed by atoms with E-state index in [-0.39, 0.29) is 11.3 Å². The van der Waals surface area contributed by atoms with Crippen LogP contribution in [0.5, 0.6) is 0 Å². The molecule has 0 unspecified atom stereocenters. The minimum atomic E-state index is -0.553. The summed E-state index contributed by atoms with van der Waals surface area (Å²) in [4.78, 5) is 10.2. The molecule has 0 spiro atoms. The van der Waals surface area contributed by atoms with Crippen molar-refractivity contribution in [3.05, 3.63) is 52.3 Å². The Morgan fingerprint density at radius 1 is 1.62 bits per heavy atom. The fraction of sp³-hybridized carbons (Fsp3) is 0.273. The summed E-state index contributed by atoms with van der Waals surface area (Å²) in [6.45, 7) is 3.54. The minimum Gasteiger partial charge on any atom is -0.324 e. The van der Waals surface area contributed by atoms with Crippen molar-refractivity contribution < 1.29 is 9.31 Å². The lowest BCUT2D eigenvalue weighted by Crippen LogP contribution is -2.12. The third kappa shape index (κ3) is 2.87. The number of nitrogens with two attached hydrogens (primary N) is 1. The van der Waals surface area contributed by atoms with E-state index in [4.69, 9.17) is 5.73 Å². The van der Waals surface area contributed by atoms with E-state index in [1.807, 2.05) is 0 Å². The number of hydrogen-bond donors (Lipinski definition) is 1. The van der Waals surface area contributed by atoms with Gasteiger partial charge >= 0.3 is 0 Å². The standard InChI is InChI=1S/C11H13FN2O2/c1-2-3-4-10(13)9-7-8(12)5-6-11(9)14(15)16/h2,5-7,10H,1,3-4,13H2/t10-/m1/s1. The van der Waals surface area contributed by atoms with Gasteiger partial charge in [-0.05, 0) is 25.0 Å². The maximum absolute atomic E-state index is 13.0. The van der Waals surface area contributed by atoms with Crippen LogP contribution in [0.15, 0.2) is 30.9 Å². The van der Waals surface area contributed by atoms with Crippen molar-refractivity contribution in [2.45, 2.75) is 18.9 Å². The van der Waals surface area contributed by atoms with E-state index in [0.717, 1.165) is 18.2 Å². The molecule has 2 N–H and O–H groups in total. The van der Waals surface area contributed by atoms with Crippen LogP contribution in [-0.2, 0) is 0 Å². The summed E-state index contributed by atoms with van der Waals surface area (Å²) in [7, 11) is 0. The van der Waals surface area contributed by atoms with Gasteiger partial charge in [0.15, 0.2) is 0 Å². The number of hydrogen-bond acceptors (Lipinski definition) is 3. The van der Waals surface area contributed by atoms with Gasteiger partial charge in [0.05, 0.1) is 4.92 Å². The third-order valence-electron chi connectivity index (χ3n) is 2.27. The summed E-state index contributed by atoms with van der Waals surface area (Å²) in [5.74, 6) is -0.519. The first kappa shape index (κ1) is 12.3. The summed E-state index contributed by atoms with van der Waals surface area (Å²) in [6.07, 6.45) is 2.81. The van der Waals surface area contributed by atoms with E-state index in [2.05, 4.69) is 6.58 Å². The van der Waals surface area contributed by atoms with Gasteiger partial charge in [0.25, 0.3) is 5.69 Å². The van der Waals surface area contributed by atoms with Crippen molar-refractivity contribution in [3.8, 4) is 0 Å². The van der Waals surface area contributed by atoms with E-state index in [1.54, 1.807) is 6.08 Å². The maximum Gasteiger partial charge on any atom is 0.274 e. The molecule has 1 aromatic rings. The second-order valence-electron chi connectivity index (χ2n) is 3.43. The number of allylic oxidation sites excluding steroid dienone is 1. The second-order valence-corrected chi connectivity index (χ2v) is 3.43. The van der Waals surface area contributed by atoms with Crippen LogP contribution in [0.1, 0.15) is 24.4 Å². The van der Waals surface area contributed by atoms with Crippen LogP contribution in [0.25, 0.3) is 0 Å². The van der Waals surface area contributed by atoms with Crippen LogP contribution < -0.4 is 5.73 Å². The molecule has 1 atom stereocenters. The van der Waals surface area contributed by atoms with Crippen LogP contribution >= 0.6 is 0 Å². The molecule has 0 amide bonds. The number of nitro benzene ring substituents is 1. The molecule has 86 valence electrons. The molecule has 5 heteroatoms. The Kier molecular flexibility index (Phi) is 4.13. The first-order valence-corrected chi connectivity index (χ1v) is 4.86.